The summed E-state index contributed by atoms with van der Waals surface area (Å²) < 4.78 is 7.21. The average molecular weight is 543 g/mol. The average Bonchev–Trinajstić information content (AvgIpc) is 3.36. The number of hydrazone groups is 1. The molecule has 10 heteroatoms. The minimum absolute atomic E-state index is 0.0262. The van der Waals surface area contributed by atoms with Crippen LogP contribution in [0.25, 0.3) is 17.1 Å². The van der Waals surface area contributed by atoms with Gasteiger partial charge in [-0.15, -0.1) is 10.2 Å². The first-order valence-corrected chi connectivity index (χ1v) is 13.1. The minimum atomic E-state index is -1.25. The number of nitrogens with zero attached hydrogens (tertiary/aromatic N) is 4. The van der Waals surface area contributed by atoms with Crippen molar-refractivity contribution >= 4 is 29.9 Å². The Hall–Kier alpha value is -4.44. The van der Waals surface area contributed by atoms with Gasteiger partial charge >= 0.3 is 0 Å². The van der Waals surface area contributed by atoms with Crippen molar-refractivity contribution in [1.82, 2.24) is 20.2 Å². The number of hydrogen-bond donors (Lipinski definition) is 1. The van der Waals surface area contributed by atoms with Gasteiger partial charge in [0.25, 0.3) is 5.91 Å². The molecule has 4 rings (SSSR count). The van der Waals surface area contributed by atoms with Crippen LogP contribution in [0.15, 0.2) is 83.1 Å². The summed E-state index contributed by atoms with van der Waals surface area (Å²) in [6.45, 7) is 6.50. The largest absolute Gasteiger partial charge is 0.545 e. The molecule has 0 aliphatic carbocycles. The molecule has 0 saturated carbocycles. The maximum Gasteiger partial charge on any atom is 0.250 e. The summed E-state index contributed by atoms with van der Waals surface area (Å²) in [6, 6.07) is 21.7. The molecule has 0 radical (unpaired) electrons. The van der Waals surface area contributed by atoms with Crippen molar-refractivity contribution in [2.75, 3.05) is 12.9 Å². The minimum Gasteiger partial charge on any atom is -0.545 e. The van der Waals surface area contributed by atoms with Crippen LogP contribution in [0.2, 0.25) is 0 Å². The number of nitrogens with one attached hydrogen (secondary N) is 1. The lowest BCUT2D eigenvalue weighted by atomic mass is 9.87. The summed E-state index contributed by atoms with van der Waals surface area (Å²) >= 11 is 1.23. The van der Waals surface area contributed by atoms with Crippen molar-refractivity contribution in [3.8, 4) is 22.8 Å². The number of carboxylic acids is 1. The van der Waals surface area contributed by atoms with E-state index < -0.39 is 5.97 Å². The Kier molecular flexibility index (Phi) is 8.46. The lowest BCUT2D eigenvalue weighted by Gasteiger charge is -2.19. The van der Waals surface area contributed by atoms with Crippen LogP contribution in [0.5, 0.6) is 5.75 Å². The number of methoxy groups -OCH3 is 1. The van der Waals surface area contributed by atoms with Crippen LogP contribution in [-0.2, 0) is 10.2 Å². The zero-order valence-corrected chi connectivity index (χ0v) is 22.9. The van der Waals surface area contributed by atoms with Gasteiger partial charge in [0.1, 0.15) is 5.75 Å². The third-order valence-electron chi connectivity index (χ3n) is 5.85. The fourth-order valence-electron chi connectivity index (χ4n) is 3.68. The second-order valence-electron chi connectivity index (χ2n) is 9.66. The predicted octanol–water partition coefficient (Wildman–Crippen LogP) is 3.85. The summed E-state index contributed by atoms with van der Waals surface area (Å²) in [5, 5.41) is 24.2. The molecule has 0 bridgehead atoms. The molecule has 0 saturated heterocycles. The van der Waals surface area contributed by atoms with Gasteiger partial charge in [-0.2, -0.15) is 5.10 Å². The Morgan fingerprint density at radius 2 is 1.67 bits per heavy atom. The van der Waals surface area contributed by atoms with Crippen molar-refractivity contribution in [3.05, 3.63) is 89.5 Å². The summed E-state index contributed by atoms with van der Waals surface area (Å²) in [4.78, 5) is 23.3. The molecule has 3 aromatic carbocycles. The van der Waals surface area contributed by atoms with E-state index in [0.29, 0.717) is 16.5 Å². The van der Waals surface area contributed by atoms with Crippen LogP contribution in [-0.4, -0.2) is 45.7 Å². The molecule has 39 heavy (non-hydrogen) atoms. The van der Waals surface area contributed by atoms with E-state index in [-0.39, 0.29) is 22.6 Å². The normalized spacial score (nSPS) is 11.5. The molecular formula is C29H28N5O4S-. The predicted molar refractivity (Wildman–Crippen MR) is 149 cm³/mol. The highest BCUT2D eigenvalue weighted by atomic mass is 32.2. The highest BCUT2D eigenvalue weighted by Gasteiger charge is 2.19. The molecule has 200 valence electrons. The maximum atomic E-state index is 12.5. The Morgan fingerprint density at radius 1 is 1.00 bits per heavy atom. The standard InChI is InChI=1S/C29H29N5O4S/c1-29(2,3)22-11-9-20(10-12-22)26-32-33-28(34(26)23-13-15-24(38-4)16-14-23)39-18-25(35)31-30-17-19-5-7-21(8-6-19)27(36)37/h5-17H,18H2,1-4H3,(H,31,35)(H,36,37)/p-1. The van der Waals surface area contributed by atoms with Gasteiger partial charge in [-0.25, -0.2) is 5.43 Å². The number of carboxylic acid groups (broad SMARTS) is 1. The molecule has 1 aromatic heterocycles. The van der Waals surface area contributed by atoms with E-state index in [1.807, 2.05) is 41.0 Å². The molecule has 0 aliphatic rings. The molecule has 0 fully saturated rings. The van der Waals surface area contributed by atoms with Gasteiger partial charge in [0.15, 0.2) is 11.0 Å². The first-order chi connectivity index (χ1) is 18.7. The van der Waals surface area contributed by atoms with Gasteiger partial charge in [-0.05, 0) is 46.4 Å². The molecule has 0 spiro atoms. The van der Waals surface area contributed by atoms with Gasteiger partial charge < -0.3 is 14.6 Å². The first kappa shape index (κ1) is 27.6. The molecule has 1 N–H and O–H groups in total. The number of carbonyl (C=O) groups excluding carboxylic acids is 2. The summed E-state index contributed by atoms with van der Waals surface area (Å²) in [6.07, 6.45) is 1.43. The van der Waals surface area contributed by atoms with E-state index >= 15 is 0 Å². The van der Waals surface area contributed by atoms with E-state index in [1.165, 1.54) is 35.7 Å². The Morgan fingerprint density at radius 3 is 2.26 bits per heavy atom. The number of aromatic carboxylic acids is 1. The molecule has 1 amide bonds. The Balaban J connectivity index is 1.51. The molecule has 1 heterocycles. The number of hydrogen-bond acceptors (Lipinski definition) is 8. The second-order valence-corrected chi connectivity index (χ2v) is 10.6. The smallest absolute Gasteiger partial charge is 0.250 e. The van der Waals surface area contributed by atoms with Crippen molar-refractivity contribution < 1.29 is 19.4 Å². The molecule has 0 aliphatic heterocycles. The zero-order chi connectivity index (χ0) is 28.0. The van der Waals surface area contributed by atoms with Gasteiger partial charge in [-0.3, -0.25) is 9.36 Å². The number of aromatic nitrogens is 3. The maximum absolute atomic E-state index is 12.5. The number of amides is 1. The molecule has 0 atom stereocenters. The molecule has 9 nitrogen and oxygen atoms in total. The van der Waals surface area contributed by atoms with Gasteiger partial charge in [0.2, 0.25) is 0 Å². The summed E-state index contributed by atoms with van der Waals surface area (Å²) in [5.41, 5.74) is 6.15. The second kappa shape index (κ2) is 12.0. The quantitative estimate of drug-likeness (QED) is 0.194. The van der Waals surface area contributed by atoms with Crippen molar-refractivity contribution in [2.45, 2.75) is 31.3 Å². The topological polar surface area (TPSA) is 122 Å². The van der Waals surface area contributed by atoms with Crippen LogP contribution in [0.1, 0.15) is 42.3 Å². The van der Waals surface area contributed by atoms with Crippen LogP contribution >= 0.6 is 11.8 Å². The Labute approximate surface area is 230 Å². The molecular weight excluding hydrogens is 514 g/mol. The van der Waals surface area contributed by atoms with E-state index in [2.05, 4.69) is 53.6 Å². The van der Waals surface area contributed by atoms with Crippen molar-refractivity contribution in [2.24, 2.45) is 5.10 Å². The van der Waals surface area contributed by atoms with E-state index in [1.54, 1.807) is 19.2 Å². The SMILES string of the molecule is COc1ccc(-n2c(SCC(=O)NN=Cc3ccc(C(=O)[O-])cc3)nnc2-c2ccc(C(C)(C)C)cc2)cc1. The monoisotopic (exact) mass is 542 g/mol. The third-order valence-corrected chi connectivity index (χ3v) is 6.78. The van der Waals surface area contributed by atoms with Crippen molar-refractivity contribution in [1.29, 1.82) is 0 Å². The number of ether oxygens (including phenoxy) is 1. The number of rotatable bonds is 9. The van der Waals surface area contributed by atoms with Gasteiger partial charge in [0.05, 0.1) is 25.0 Å². The van der Waals surface area contributed by atoms with Crippen molar-refractivity contribution in [3.63, 3.8) is 0 Å². The number of thioether (sulfide) groups is 1. The first-order valence-electron chi connectivity index (χ1n) is 12.1. The number of carbonyl (C=O) groups is 2. The third kappa shape index (κ3) is 6.91. The summed E-state index contributed by atoms with van der Waals surface area (Å²) in [7, 11) is 1.61. The van der Waals surface area contributed by atoms with Gasteiger partial charge in [-0.1, -0.05) is 81.1 Å². The fraction of sp³-hybridized carbons (Fsp3) is 0.207. The van der Waals surface area contributed by atoms with E-state index in [9.17, 15) is 14.7 Å². The Bertz CT molecular complexity index is 1470. The zero-order valence-electron chi connectivity index (χ0n) is 22.0. The lowest BCUT2D eigenvalue weighted by Crippen LogP contribution is -2.22. The van der Waals surface area contributed by atoms with Gasteiger partial charge in [0, 0.05) is 11.3 Å². The van der Waals surface area contributed by atoms with Crippen LogP contribution in [0.4, 0.5) is 0 Å². The fourth-order valence-corrected chi connectivity index (χ4v) is 4.42. The van der Waals surface area contributed by atoms with Crippen LogP contribution < -0.4 is 15.3 Å². The van der Waals surface area contributed by atoms with E-state index in [0.717, 1.165) is 17.0 Å². The molecule has 4 aromatic rings. The van der Waals surface area contributed by atoms with E-state index in [4.69, 9.17) is 4.74 Å². The number of benzene rings is 3. The van der Waals surface area contributed by atoms with Crippen LogP contribution in [0, 0.1) is 0 Å². The van der Waals surface area contributed by atoms with Crippen LogP contribution in [0.3, 0.4) is 0 Å². The highest BCUT2D eigenvalue weighted by molar-refractivity contribution is 7.99. The lowest BCUT2D eigenvalue weighted by molar-refractivity contribution is -0.255. The highest BCUT2D eigenvalue weighted by Crippen LogP contribution is 2.30. The summed E-state index contributed by atoms with van der Waals surface area (Å²) in [5.74, 6) is -0.150. The molecule has 0 unspecified atom stereocenters.